The molecule has 1 aliphatic carbocycles. The molecule has 3 heterocycles. The minimum Gasteiger partial charge on any atom is -0.470 e. The Bertz CT molecular complexity index is 1150. The Labute approximate surface area is 189 Å². The predicted octanol–water partition coefficient (Wildman–Crippen LogP) is 3.80. The van der Waals surface area contributed by atoms with Gasteiger partial charge in [0.1, 0.15) is 12.3 Å². The molecular formula is C20H26ClN7O4. The van der Waals surface area contributed by atoms with Gasteiger partial charge in [-0.25, -0.2) is 9.67 Å². The first-order valence-corrected chi connectivity index (χ1v) is 10.9. The number of aromatic nitrogens is 6. The molecule has 1 unspecified atom stereocenters. The van der Waals surface area contributed by atoms with E-state index in [-0.39, 0.29) is 35.1 Å². The van der Waals surface area contributed by atoms with Crippen molar-refractivity contribution >= 4 is 28.3 Å². The van der Waals surface area contributed by atoms with Gasteiger partial charge >= 0.3 is 11.6 Å². The van der Waals surface area contributed by atoms with Crippen LogP contribution in [0.1, 0.15) is 50.0 Å². The zero-order valence-electron chi connectivity index (χ0n) is 18.5. The molecule has 3 aromatic heterocycles. The predicted molar refractivity (Wildman–Crippen MR) is 117 cm³/mol. The molecule has 0 radical (unpaired) electrons. The number of hydrogen-bond donors (Lipinski definition) is 0. The molecule has 32 heavy (non-hydrogen) atoms. The largest absolute Gasteiger partial charge is 0.470 e. The Morgan fingerprint density at radius 1 is 1.34 bits per heavy atom. The molecule has 0 saturated heterocycles. The van der Waals surface area contributed by atoms with Crippen LogP contribution >= 0.6 is 11.6 Å². The highest BCUT2D eigenvalue weighted by Crippen LogP contribution is 2.46. The summed E-state index contributed by atoms with van der Waals surface area (Å²) in [6.45, 7) is 6.06. The second kappa shape index (κ2) is 8.62. The summed E-state index contributed by atoms with van der Waals surface area (Å²) in [6.07, 6.45) is 5.16. The third kappa shape index (κ3) is 4.14. The first-order chi connectivity index (χ1) is 15.3. The summed E-state index contributed by atoms with van der Waals surface area (Å²) in [5.74, 6) is 0.00838. The van der Waals surface area contributed by atoms with E-state index in [0.29, 0.717) is 17.9 Å². The number of methoxy groups -OCH3 is 1. The van der Waals surface area contributed by atoms with Gasteiger partial charge in [0.25, 0.3) is 0 Å². The number of rotatable bonds is 10. The molecule has 12 heteroatoms. The SMILES string of the molecule is CCC(CC1(OC)CC1)n1nc(OCCn2nc(C)c3cnc(Cl)nc32)c([N+](=O)[O-])c1C. The maximum atomic E-state index is 11.8. The van der Waals surface area contributed by atoms with Gasteiger partial charge in [-0.2, -0.15) is 10.1 Å². The minimum atomic E-state index is -0.440. The van der Waals surface area contributed by atoms with Crippen molar-refractivity contribution in [1.82, 2.24) is 29.5 Å². The van der Waals surface area contributed by atoms with Gasteiger partial charge < -0.3 is 9.47 Å². The van der Waals surface area contributed by atoms with Gasteiger partial charge in [-0.1, -0.05) is 6.92 Å². The molecule has 0 amide bonds. The van der Waals surface area contributed by atoms with E-state index in [0.717, 1.165) is 36.8 Å². The first kappa shape index (κ1) is 22.4. The zero-order chi connectivity index (χ0) is 23.0. The van der Waals surface area contributed by atoms with E-state index in [1.165, 1.54) is 0 Å². The molecule has 3 aromatic rings. The van der Waals surface area contributed by atoms with Crippen molar-refractivity contribution in [3.05, 3.63) is 33.0 Å². The molecular weight excluding hydrogens is 438 g/mol. The van der Waals surface area contributed by atoms with Crippen molar-refractivity contribution in [2.75, 3.05) is 13.7 Å². The maximum Gasteiger partial charge on any atom is 0.352 e. The van der Waals surface area contributed by atoms with Crippen LogP contribution in [0, 0.1) is 24.0 Å². The molecule has 0 spiro atoms. The molecule has 0 bridgehead atoms. The van der Waals surface area contributed by atoms with E-state index in [4.69, 9.17) is 21.1 Å². The average molecular weight is 464 g/mol. The Hall–Kier alpha value is -2.79. The number of hydrogen-bond acceptors (Lipinski definition) is 8. The van der Waals surface area contributed by atoms with Crippen molar-refractivity contribution in [3.63, 3.8) is 0 Å². The number of ether oxygens (including phenoxy) is 2. The van der Waals surface area contributed by atoms with Crippen LogP contribution in [0.3, 0.4) is 0 Å². The maximum absolute atomic E-state index is 11.8. The monoisotopic (exact) mass is 463 g/mol. The number of fused-ring (bicyclic) bond motifs is 1. The molecule has 1 aliphatic rings. The lowest BCUT2D eigenvalue weighted by Crippen LogP contribution is -2.21. The van der Waals surface area contributed by atoms with Crippen LogP contribution in [0.15, 0.2) is 6.20 Å². The second-order valence-electron chi connectivity index (χ2n) is 8.13. The van der Waals surface area contributed by atoms with Crippen LogP contribution < -0.4 is 4.74 Å². The van der Waals surface area contributed by atoms with Gasteiger partial charge in [0.2, 0.25) is 5.28 Å². The lowest BCUT2D eigenvalue weighted by atomic mass is 10.1. The highest BCUT2D eigenvalue weighted by Gasteiger charge is 2.45. The van der Waals surface area contributed by atoms with E-state index in [2.05, 4.69) is 20.2 Å². The first-order valence-electron chi connectivity index (χ1n) is 10.6. The van der Waals surface area contributed by atoms with Gasteiger partial charge in [0, 0.05) is 13.3 Å². The van der Waals surface area contributed by atoms with Crippen LogP contribution in [-0.4, -0.2) is 53.8 Å². The number of aryl methyl sites for hydroxylation is 1. The van der Waals surface area contributed by atoms with E-state index in [1.807, 2.05) is 13.8 Å². The smallest absolute Gasteiger partial charge is 0.352 e. The van der Waals surface area contributed by atoms with Crippen molar-refractivity contribution in [1.29, 1.82) is 0 Å². The molecule has 0 aliphatic heterocycles. The van der Waals surface area contributed by atoms with Crippen molar-refractivity contribution < 1.29 is 14.4 Å². The minimum absolute atomic E-state index is 0.00838. The normalized spacial score (nSPS) is 15.8. The van der Waals surface area contributed by atoms with Gasteiger partial charge in [-0.3, -0.25) is 14.8 Å². The second-order valence-corrected chi connectivity index (χ2v) is 8.47. The summed E-state index contributed by atoms with van der Waals surface area (Å²) in [7, 11) is 1.71. The molecule has 1 atom stereocenters. The van der Waals surface area contributed by atoms with E-state index < -0.39 is 4.92 Å². The number of nitro groups is 1. The third-order valence-corrected chi connectivity index (χ3v) is 6.30. The Morgan fingerprint density at radius 2 is 2.09 bits per heavy atom. The summed E-state index contributed by atoms with van der Waals surface area (Å²) in [4.78, 5) is 19.5. The fraction of sp³-hybridized carbons (Fsp3) is 0.600. The van der Waals surface area contributed by atoms with Crippen molar-refractivity contribution in [2.45, 2.75) is 64.6 Å². The average Bonchev–Trinajstić information content (AvgIpc) is 3.37. The van der Waals surface area contributed by atoms with Gasteiger partial charge in [-0.15, -0.1) is 5.10 Å². The lowest BCUT2D eigenvalue weighted by Gasteiger charge is -2.22. The summed E-state index contributed by atoms with van der Waals surface area (Å²) in [5.41, 5.74) is 1.57. The molecule has 1 saturated carbocycles. The fourth-order valence-electron chi connectivity index (χ4n) is 4.08. The van der Waals surface area contributed by atoms with Gasteiger partial charge in [0.05, 0.1) is 34.2 Å². The molecule has 1 fully saturated rings. The molecule has 0 aromatic carbocycles. The van der Waals surface area contributed by atoms with E-state index in [9.17, 15) is 10.1 Å². The quantitative estimate of drug-likeness (QED) is 0.252. The van der Waals surface area contributed by atoms with Crippen molar-refractivity contribution in [3.8, 4) is 5.88 Å². The summed E-state index contributed by atoms with van der Waals surface area (Å²) >= 11 is 5.92. The topological polar surface area (TPSA) is 123 Å². The number of nitrogens with zero attached hydrogens (tertiary/aromatic N) is 7. The highest BCUT2D eigenvalue weighted by molar-refractivity contribution is 6.28. The molecule has 172 valence electrons. The Morgan fingerprint density at radius 3 is 2.72 bits per heavy atom. The van der Waals surface area contributed by atoms with Crippen LogP contribution in [0.4, 0.5) is 5.69 Å². The van der Waals surface area contributed by atoms with Gasteiger partial charge in [-0.05, 0) is 51.1 Å². The number of halogens is 1. The van der Waals surface area contributed by atoms with Crippen LogP contribution in [0.5, 0.6) is 5.88 Å². The zero-order valence-corrected chi connectivity index (χ0v) is 19.3. The van der Waals surface area contributed by atoms with Crippen LogP contribution in [-0.2, 0) is 11.3 Å². The van der Waals surface area contributed by atoms with E-state index in [1.54, 1.807) is 29.6 Å². The summed E-state index contributed by atoms with van der Waals surface area (Å²) in [6, 6.07) is -0.00921. The fourth-order valence-corrected chi connectivity index (χ4v) is 4.21. The molecule has 11 nitrogen and oxygen atoms in total. The Kier molecular flexibility index (Phi) is 6.04. The van der Waals surface area contributed by atoms with Crippen molar-refractivity contribution in [2.24, 2.45) is 0 Å². The lowest BCUT2D eigenvalue weighted by molar-refractivity contribution is -0.386. The van der Waals surface area contributed by atoms with Gasteiger partial charge in [0.15, 0.2) is 5.65 Å². The van der Waals surface area contributed by atoms with Crippen LogP contribution in [0.2, 0.25) is 5.28 Å². The molecule has 0 N–H and O–H groups in total. The highest BCUT2D eigenvalue weighted by atomic mass is 35.5. The van der Waals surface area contributed by atoms with E-state index >= 15 is 0 Å². The third-order valence-electron chi connectivity index (χ3n) is 6.12. The van der Waals surface area contributed by atoms with Crippen LogP contribution in [0.25, 0.3) is 11.0 Å². The Balaban J connectivity index is 1.54. The standard InChI is InChI=1S/C20H26ClN7O4/c1-5-14(10-20(31-4)6-7-20)27-13(3)16(28(29)30)18(25-27)32-9-8-26-17-15(12(2)24-26)11-22-19(21)23-17/h11,14H,5-10H2,1-4H3. The summed E-state index contributed by atoms with van der Waals surface area (Å²) in [5, 5.41) is 21.6. The summed E-state index contributed by atoms with van der Waals surface area (Å²) < 4.78 is 14.8. The molecule has 4 rings (SSSR count).